The molecule has 3 aromatic rings. The molecule has 0 aromatic heterocycles. The van der Waals surface area contributed by atoms with E-state index in [4.69, 9.17) is 9.84 Å². The number of hydrazone groups is 1. The number of hydrogen-bond donors (Lipinski definition) is 1. The highest BCUT2D eigenvalue weighted by molar-refractivity contribution is 6.72. The number of amides is 2. The van der Waals surface area contributed by atoms with E-state index in [9.17, 15) is 14.7 Å². The molecule has 0 unspecified atom stereocenters. The van der Waals surface area contributed by atoms with Crippen LogP contribution in [0.25, 0.3) is 0 Å². The minimum atomic E-state index is -3.17. The predicted molar refractivity (Wildman–Crippen MR) is 178 cm³/mol. The summed E-state index contributed by atoms with van der Waals surface area (Å²) in [5.74, 6) is -0.212. The number of aryl methyl sites for hydroxylation is 1. The molecule has 2 aliphatic heterocycles. The largest absolute Gasteiger partial charge is 0.395 e. The van der Waals surface area contributed by atoms with Crippen molar-refractivity contribution < 1.29 is 23.5 Å². The molecule has 2 aliphatic rings. The van der Waals surface area contributed by atoms with Crippen LogP contribution < -0.4 is 5.01 Å². The third-order valence-corrected chi connectivity index (χ3v) is 11.5. The van der Waals surface area contributed by atoms with Crippen LogP contribution >= 0.6 is 0 Å². The summed E-state index contributed by atoms with van der Waals surface area (Å²) in [6.07, 6.45) is 1.76. The maximum absolute atomic E-state index is 15.8. The van der Waals surface area contributed by atoms with E-state index < -0.39 is 14.5 Å². The average molecular weight is 630 g/mol. The van der Waals surface area contributed by atoms with E-state index >= 15 is 4.11 Å². The van der Waals surface area contributed by atoms with E-state index in [1.165, 1.54) is 5.01 Å². The Labute approximate surface area is 266 Å². The van der Waals surface area contributed by atoms with E-state index in [0.29, 0.717) is 32.2 Å². The molecular weight excluding hydrogens is 585 g/mol. The van der Waals surface area contributed by atoms with Gasteiger partial charge in [-0.3, -0.25) is 9.59 Å². The number of benzene rings is 3. The van der Waals surface area contributed by atoms with Crippen molar-refractivity contribution in [3.63, 3.8) is 0 Å². The fourth-order valence-corrected chi connectivity index (χ4v) is 9.38. The van der Waals surface area contributed by atoms with Gasteiger partial charge in [-0.1, -0.05) is 79.7 Å². The number of rotatable bonds is 12. The van der Waals surface area contributed by atoms with Crippen molar-refractivity contribution >= 4 is 31.6 Å². The third kappa shape index (κ3) is 8.14. The Bertz CT molecular complexity index is 1480. The van der Waals surface area contributed by atoms with Crippen LogP contribution in [0.5, 0.6) is 0 Å². The average Bonchev–Trinajstić information content (AvgIpc) is 3.35. The molecule has 9 heteroatoms. The predicted octanol–water partition coefficient (Wildman–Crippen LogP) is 6.51. The van der Waals surface area contributed by atoms with Gasteiger partial charge in [-0.05, 0) is 60.7 Å². The summed E-state index contributed by atoms with van der Waals surface area (Å²) in [6, 6.07) is 27.5. The minimum absolute atomic E-state index is 0.0347. The van der Waals surface area contributed by atoms with Crippen molar-refractivity contribution in [1.82, 2.24) is 4.90 Å². The van der Waals surface area contributed by atoms with E-state index in [-0.39, 0.29) is 48.9 Å². The first-order valence-corrected chi connectivity index (χ1v) is 18.9. The second-order valence-corrected chi connectivity index (χ2v) is 16.5. The molecule has 2 heterocycles. The van der Waals surface area contributed by atoms with Gasteiger partial charge in [0.1, 0.15) is 0 Å². The highest BCUT2D eigenvalue weighted by atomic mass is 28.4. The molecule has 238 valence electrons. The van der Waals surface area contributed by atoms with Gasteiger partial charge in [0.2, 0.25) is 20.2 Å². The Kier molecular flexibility index (Phi) is 10.6. The first kappa shape index (κ1) is 32.7. The van der Waals surface area contributed by atoms with Crippen molar-refractivity contribution in [3.8, 4) is 0 Å². The molecule has 5 rings (SSSR count). The Morgan fingerprint density at radius 1 is 1.00 bits per heavy atom. The second kappa shape index (κ2) is 14.6. The summed E-state index contributed by atoms with van der Waals surface area (Å²) in [5, 5.41) is 15.9. The molecule has 0 spiro atoms. The van der Waals surface area contributed by atoms with Gasteiger partial charge in [0.15, 0.2) is 0 Å². The summed E-state index contributed by atoms with van der Waals surface area (Å²) < 4.78 is 22.3. The van der Waals surface area contributed by atoms with E-state index in [2.05, 4.69) is 0 Å². The molecule has 2 amide bonds. The van der Waals surface area contributed by atoms with E-state index in [1.54, 1.807) is 18.0 Å². The topological polar surface area (TPSA) is 82.4 Å². The van der Waals surface area contributed by atoms with Crippen LogP contribution in [0, 0.1) is 5.92 Å². The van der Waals surface area contributed by atoms with E-state index in [1.807, 2.05) is 91.9 Å². The number of carbonyl (C=O) groups is 2. The summed E-state index contributed by atoms with van der Waals surface area (Å²) >= 11 is 0. The first-order valence-electron chi connectivity index (χ1n) is 16.0. The molecule has 1 saturated heterocycles. The number of ether oxygens (including phenoxy) is 1. The van der Waals surface area contributed by atoms with Crippen molar-refractivity contribution in [2.24, 2.45) is 11.0 Å². The van der Waals surface area contributed by atoms with Crippen LogP contribution in [0.2, 0.25) is 18.6 Å². The van der Waals surface area contributed by atoms with Crippen molar-refractivity contribution in [1.29, 1.82) is 0 Å². The molecule has 3 aromatic carbocycles. The molecule has 45 heavy (non-hydrogen) atoms. The van der Waals surface area contributed by atoms with Crippen LogP contribution in [-0.2, 0) is 27.3 Å². The molecule has 4 atom stereocenters. The van der Waals surface area contributed by atoms with Crippen LogP contribution in [-0.4, -0.2) is 61.3 Å². The Morgan fingerprint density at radius 2 is 1.69 bits per heavy atom. The van der Waals surface area contributed by atoms with Crippen LogP contribution in [0.15, 0.2) is 90.0 Å². The van der Waals surface area contributed by atoms with Gasteiger partial charge in [0.05, 0.1) is 36.6 Å². The molecule has 7 nitrogen and oxygen atoms in total. The lowest BCUT2D eigenvalue weighted by Crippen LogP contribution is -2.40. The zero-order valence-electron chi connectivity index (χ0n) is 26.4. The molecular formula is C36H44FN3O4Si. The monoisotopic (exact) mass is 629 g/mol. The van der Waals surface area contributed by atoms with Gasteiger partial charge in [-0.2, -0.15) is 5.10 Å². The van der Waals surface area contributed by atoms with Crippen LogP contribution in [0.3, 0.4) is 0 Å². The summed E-state index contributed by atoms with van der Waals surface area (Å²) in [5.41, 5.74) is 4.34. The highest BCUT2D eigenvalue weighted by Crippen LogP contribution is 2.47. The molecule has 0 saturated carbocycles. The smallest absolute Gasteiger partial charge is 0.247 e. The fourth-order valence-electron chi connectivity index (χ4n) is 6.84. The fraction of sp³-hybridized carbons (Fsp3) is 0.417. The number of halogens is 1. The lowest BCUT2D eigenvalue weighted by molar-refractivity contribution is -0.135. The normalized spacial score (nSPS) is 21.9. The summed E-state index contributed by atoms with van der Waals surface area (Å²) in [7, 11) is -3.17. The lowest BCUT2D eigenvalue weighted by Gasteiger charge is -2.30. The van der Waals surface area contributed by atoms with Gasteiger partial charge in [-0.15, -0.1) is 0 Å². The van der Waals surface area contributed by atoms with Gasteiger partial charge in [0.25, 0.3) is 0 Å². The number of carbonyl (C=O) groups excluding carboxylic acids is 2. The second-order valence-electron chi connectivity index (χ2n) is 12.7. The first-order chi connectivity index (χ1) is 21.6. The zero-order chi connectivity index (χ0) is 32.0. The Hall–Kier alpha value is -3.66. The number of aliphatic hydroxyl groups is 1. The van der Waals surface area contributed by atoms with Crippen molar-refractivity contribution in [3.05, 3.63) is 102 Å². The Morgan fingerprint density at radius 3 is 2.38 bits per heavy atom. The maximum Gasteiger partial charge on any atom is 0.247 e. The SMILES string of the molecule is C[C@@H]1[C@@H]([Si](C)(C)F)[C@H](CC(=O)N(CCO)Cc2ccccc2)O[C@@H]1CCc1cccc(N2N=C(c3ccccc3)CCC2=O)c1. The van der Waals surface area contributed by atoms with Gasteiger partial charge in [-0.25, -0.2) is 5.01 Å². The van der Waals surface area contributed by atoms with E-state index in [0.717, 1.165) is 28.1 Å². The van der Waals surface area contributed by atoms with Gasteiger partial charge >= 0.3 is 0 Å². The summed E-state index contributed by atoms with van der Waals surface area (Å²) in [6.45, 7) is 5.92. The number of anilines is 1. The maximum atomic E-state index is 15.8. The van der Waals surface area contributed by atoms with Crippen LogP contribution in [0.1, 0.15) is 49.3 Å². The standard InChI is InChI=1S/C36H44FN3O4Si/c1-26-32(44-33(36(26)45(2,3)37)24-35(43)39(21-22-41)25-28-11-6-4-7-12-28)19-17-27-13-10-16-30(23-27)40-34(42)20-18-31(38-40)29-14-8-5-9-15-29/h4-16,23,26,32-33,36,41H,17-22,24-25H2,1-3H3/t26-,32+,33-,36+/m0/s1. The van der Waals surface area contributed by atoms with Crippen molar-refractivity contribution in [2.75, 3.05) is 18.2 Å². The molecule has 0 bridgehead atoms. The zero-order valence-corrected chi connectivity index (χ0v) is 27.4. The summed E-state index contributed by atoms with van der Waals surface area (Å²) in [4.78, 5) is 28.0. The lowest BCUT2D eigenvalue weighted by atomic mass is 9.95. The van der Waals surface area contributed by atoms with Crippen molar-refractivity contribution in [2.45, 2.75) is 76.4 Å². The minimum Gasteiger partial charge on any atom is -0.395 e. The quantitative estimate of drug-likeness (QED) is 0.183. The molecule has 1 fully saturated rings. The Balaban J connectivity index is 1.27. The number of aliphatic hydroxyl groups excluding tert-OH is 1. The number of hydrogen-bond acceptors (Lipinski definition) is 5. The molecule has 1 N–H and O–H groups in total. The number of nitrogens with zero attached hydrogens (tertiary/aromatic N) is 3. The van der Waals surface area contributed by atoms with Crippen LogP contribution in [0.4, 0.5) is 9.80 Å². The molecule has 0 radical (unpaired) electrons. The highest BCUT2D eigenvalue weighted by Gasteiger charge is 2.51. The third-order valence-electron chi connectivity index (χ3n) is 9.02. The molecule has 0 aliphatic carbocycles. The van der Waals surface area contributed by atoms with Gasteiger partial charge in [0, 0.05) is 31.5 Å². The van der Waals surface area contributed by atoms with Gasteiger partial charge < -0.3 is 18.9 Å².